The molecule has 1 N–H and O–H groups in total. The van der Waals surface area contributed by atoms with Crippen molar-refractivity contribution in [3.05, 3.63) is 47.0 Å². The highest BCUT2D eigenvalue weighted by atomic mass is 19.1. The molecule has 2 aromatic heterocycles. The fraction of sp³-hybridized carbons (Fsp3) is 0.368. The van der Waals surface area contributed by atoms with Gasteiger partial charge in [-0.2, -0.15) is 9.61 Å². The zero-order valence-electron chi connectivity index (χ0n) is 14.5. The SMILES string of the molecule is Cc1nn2c(N(C)CCO)c3c(nc2c1-c1ccc(F)cc1)CCC3. The highest BCUT2D eigenvalue weighted by Crippen LogP contribution is 2.35. The molecule has 4 rings (SSSR count). The smallest absolute Gasteiger partial charge is 0.165 e. The molecule has 25 heavy (non-hydrogen) atoms. The first-order valence-electron chi connectivity index (χ1n) is 8.59. The Bertz CT molecular complexity index is 933. The van der Waals surface area contributed by atoms with Gasteiger partial charge in [-0.05, 0) is 43.9 Å². The van der Waals surface area contributed by atoms with E-state index in [2.05, 4.69) is 0 Å². The summed E-state index contributed by atoms with van der Waals surface area (Å²) in [5, 5.41) is 14.1. The number of halogens is 1. The van der Waals surface area contributed by atoms with E-state index in [1.807, 2.05) is 23.4 Å². The Kier molecular flexibility index (Phi) is 3.92. The number of benzene rings is 1. The van der Waals surface area contributed by atoms with Crippen molar-refractivity contribution in [3.8, 4) is 11.1 Å². The van der Waals surface area contributed by atoms with Crippen molar-refractivity contribution >= 4 is 11.5 Å². The first-order valence-corrected chi connectivity index (χ1v) is 8.59. The molecule has 0 atom stereocenters. The Morgan fingerprint density at radius 2 is 2.00 bits per heavy atom. The summed E-state index contributed by atoms with van der Waals surface area (Å²) in [5.74, 6) is 0.748. The molecule has 130 valence electrons. The van der Waals surface area contributed by atoms with Crippen molar-refractivity contribution in [2.24, 2.45) is 0 Å². The van der Waals surface area contributed by atoms with Gasteiger partial charge in [0.25, 0.3) is 0 Å². The van der Waals surface area contributed by atoms with Crippen molar-refractivity contribution in [1.82, 2.24) is 14.6 Å². The highest BCUT2D eigenvalue weighted by molar-refractivity contribution is 5.81. The van der Waals surface area contributed by atoms with E-state index in [0.717, 1.165) is 53.2 Å². The third-order valence-corrected chi connectivity index (χ3v) is 4.87. The van der Waals surface area contributed by atoms with Gasteiger partial charge in [-0.25, -0.2) is 9.37 Å². The highest BCUT2D eigenvalue weighted by Gasteiger charge is 2.25. The van der Waals surface area contributed by atoms with E-state index in [4.69, 9.17) is 10.1 Å². The zero-order valence-corrected chi connectivity index (χ0v) is 14.5. The second-order valence-corrected chi connectivity index (χ2v) is 6.56. The van der Waals surface area contributed by atoms with E-state index in [1.165, 1.54) is 17.7 Å². The first-order chi connectivity index (χ1) is 12.1. The van der Waals surface area contributed by atoms with Crippen LogP contribution in [0.1, 0.15) is 23.4 Å². The zero-order chi connectivity index (χ0) is 17.6. The molecule has 1 aliphatic rings. The maximum Gasteiger partial charge on any atom is 0.165 e. The third kappa shape index (κ3) is 2.57. The second kappa shape index (κ2) is 6.11. The number of fused-ring (bicyclic) bond motifs is 2. The number of nitrogens with zero attached hydrogens (tertiary/aromatic N) is 4. The van der Waals surface area contributed by atoms with Gasteiger partial charge in [-0.15, -0.1) is 0 Å². The van der Waals surface area contributed by atoms with Crippen molar-refractivity contribution in [3.63, 3.8) is 0 Å². The van der Waals surface area contributed by atoms with E-state index >= 15 is 0 Å². The first kappa shape index (κ1) is 16.0. The average molecular weight is 340 g/mol. The fourth-order valence-electron chi connectivity index (χ4n) is 3.72. The minimum Gasteiger partial charge on any atom is -0.395 e. The fourth-order valence-corrected chi connectivity index (χ4v) is 3.72. The minimum absolute atomic E-state index is 0.0835. The average Bonchev–Trinajstić information content (AvgIpc) is 3.17. The number of aromatic nitrogens is 3. The number of hydrogen-bond donors (Lipinski definition) is 1. The van der Waals surface area contributed by atoms with E-state index in [1.54, 1.807) is 12.1 Å². The van der Waals surface area contributed by atoms with E-state index < -0.39 is 0 Å². The molecular weight excluding hydrogens is 319 g/mol. The molecule has 5 nitrogen and oxygen atoms in total. The molecule has 0 aliphatic heterocycles. The van der Waals surface area contributed by atoms with Crippen LogP contribution < -0.4 is 4.90 Å². The topological polar surface area (TPSA) is 53.7 Å². The van der Waals surface area contributed by atoms with Gasteiger partial charge < -0.3 is 10.0 Å². The lowest BCUT2D eigenvalue weighted by molar-refractivity contribution is 0.303. The van der Waals surface area contributed by atoms with Crippen LogP contribution in [0.15, 0.2) is 24.3 Å². The van der Waals surface area contributed by atoms with Gasteiger partial charge in [-0.1, -0.05) is 12.1 Å². The van der Waals surface area contributed by atoms with Crippen LogP contribution in [0, 0.1) is 12.7 Å². The summed E-state index contributed by atoms with van der Waals surface area (Å²) < 4.78 is 15.2. The molecule has 2 heterocycles. The Hall–Kier alpha value is -2.47. The van der Waals surface area contributed by atoms with Crippen LogP contribution >= 0.6 is 0 Å². The van der Waals surface area contributed by atoms with Gasteiger partial charge in [0.15, 0.2) is 5.65 Å². The monoisotopic (exact) mass is 340 g/mol. The Balaban J connectivity index is 1.99. The van der Waals surface area contributed by atoms with Crippen molar-refractivity contribution in [2.75, 3.05) is 25.1 Å². The second-order valence-electron chi connectivity index (χ2n) is 6.56. The molecule has 0 amide bonds. The van der Waals surface area contributed by atoms with Crippen LogP contribution in [0.4, 0.5) is 10.2 Å². The van der Waals surface area contributed by atoms with Crippen LogP contribution in [0.5, 0.6) is 0 Å². The number of hydrogen-bond acceptors (Lipinski definition) is 4. The maximum atomic E-state index is 13.3. The lowest BCUT2D eigenvalue weighted by atomic mass is 10.1. The predicted octanol–water partition coefficient (Wildman–Crippen LogP) is 2.76. The standard InChI is InChI=1S/C19H21FN4O/c1-12-17(13-6-8-14(20)9-7-13)18-21-16-5-3-4-15(16)19(24(18)22-12)23(2)10-11-25/h6-9,25H,3-5,10-11H2,1-2H3. The molecule has 6 heteroatoms. The van der Waals surface area contributed by atoms with Crippen LogP contribution in [0.2, 0.25) is 0 Å². The molecule has 0 spiro atoms. The summed E-state index contributed by atoms with van der Waals surface area (Å²) in [5.41, 5.74) is 5.83. The summed E-state index contributed by atoms with van der Waals surface area (Å²) in [7, 11) is 1.97. The quantitative estimate of drug-likeness (QED) is 0.793. The Labute approximate surface area is 145 Å². The van der Waals surface area contributed by atoms with E-state index in [-0.39, 0.29) is 12.4 Å². The van der Waals surface area contributed by atoms with Gasteiger partial charge in [0, 0.05) is 30.4 Å². The summed E-state index contributed by atoms with van der Waals surface area (Å²) >= 11 is 0. The number of likely N-dealkylation sites (N-methyl/N-ethyl adjacent to an activating group) is 1. The summed E-state index contributed by atoms with van der Waals surface area (Å²) in [6.07, 6.45) is 3.02. The van der Waals surface area contributed by atoms with Crippen LogP contribution in [-0.2, 0) is 12.8 Å². The van der Waals surface area contributed by atoms with Crippen molar-refractivity contribution in [2.45, 2.75) is 26.2 Å². The van der Waals surface area contributed by atoms with Gasteiger partial charge in [0.05, 0.1) is 12.3 Å². The normalized spacial score (nSPS) is 13.4. The van der Waals surface area contributed by atoms with Gasteiger partial charge in [0.1, 0.15) is 11.6 Å². The molecular formula is C19H21FN4O. The molecule has 0 fully saturated rings. The summed E-state index contributed by atoms with van der Waals surface area (Å²) in [4.78, 5) is 6.94. The lowest BCUT2D eigenvalue weighted by Gasteiger charge is -2.22. The molecule has 1 aliphatic carbocycles. The molecule has 0 saturated heterocycles. The number of aliphatic hydroxyl groups is 1. The molecule has 0 bridgehead atoms. The van der Waals surface area contributed by atoms with Crippen molar-refractivity contribution in [1.29, 1.82) is 0 Å². The van der Waals surface area contributed by atoms with Crippen molar-refractivity contribution < 1.29 is 9.50 Å². The molecule has 0 saturated carbocycles. The van der Waals surface area contributed by atoms with Crippen LogP contribution in [0.3, 0.4) is 0 Å². The predicted molar refractivity (Wildman–Crippen MR) is 95.5 cm³/mol. The largest absolute Gasteiger partial charge is 0.395 e. The Morgan fingerprint density at radius 3 is 2.72 bits per heavy atom. The van der Waals surface area contributed by atoms with E-state index in [0.29, 0.717) is 6.54 Å². The van der Waals surface area contributed by atoms with Crippen LogP contribution in [0.25, 0.3) is 16.8 Å². The molecule has 0 unspecified atom stereocenters. The number of aliphatic hydroxyl groups excluding tert-OH is 1. The van der Waals surface area contributed by atoms with Gasteiger partial charge in [0.2, 0.25) is 0 Å². The maximum absolute atomic E-state index is 13.3. The number of anilines is 1. The van der Waals surface area contributed by atoms with Crippen LogP contribution in [-0.4, -0.2) is 39.9 Å². The molecule has 1 aromatic carbocycles. The Morgan fingerprint density at radius 1 is 1.24 bits per heavy atom. The summed E-state index contributed by atoms with van der Waals surface area (Å²) in [6.45, 7) is 2.57. The van der Waals surface area contributed by atoms with Gasteiger partial charge in [-0.3, -0.25) is 0 Å². The number of aryl methyl sites for hydroxylation is 2. The minimum atomic E-state index is -0.255. The summed E-state index contributed by atoms with van der Waals surface area (Å²) in [6, 6.07) is 6.46. The number of rotatable bonds is 4. The van der Waals surface area contributed by atoms with Gasteiger partial charge >= 0.3 is 0 Å². The lowest BCUT2D eigenvalue weighted by Crippen LogP contribution is -2.25. The van der Waals surface area contributed by atoms with E-state index in [9.17, 15) is 9.50 Å². The third-order valence-electron chi connectivity index (χ3n) is 4.87. The molecule has 0 radical (unpaired) electrons. The molecule has 3 aromatic rings.